The number of benzene rings is 1. The van der Waals surface area contributed by atoms with Crippen molar-refractivity contribution in [2.45, 2.75) is 38.8 Å². The lowest BCUT2D eigenvalue weighted by molar-refractivity contribution is -0.118. The molecule has 0 saturated carbocycles. The number of aromatic nitrogens is 2. The first-order valence-electron chi connectivity index (χ1n) is 9.13. The molecule has 0 atom stereocenters. The van der Waals surface area contributed by atoms with Crippen molar-refractivity contribution >= 4 is 42.4 Å². The number of hydrogen-bond acceptors (Lipinski definition) is 5. The minimum absolute atomic E-state index is 0. The standard InChI is InChI=1S/C19H23N5O2.2ClH/c25-18-13-24-12-15-11-16(5-6-17(15)21-19(24)22-18)26-10-4-2-1-3-8-23-9-7-20-14-23;;/h5-7,9,11,14H,1-4,8,10,12-13H2,(H,21,22,25);2*1H. The van der Waals surface area contributed by atoms with E-state index in [0.717, 1.165) is 49.4 Å². The van der Waals surface area contributed by atoms with Gasteiger partial charge in [0.15, 0.2) is 0 Å². The largest absolute Gasteiger partial charge is 0.494 e. The molecule has 2 aromatic rings. The fourth-order valence-corrected chi connectivity index (χ4v) is 3.29. The van der Waals surface area contributed by atoms with Crippen LogP contribution in [0.1, 0.15) is 31.2 Å². The van der Waals surface area contributed by atoms with Crippen LogP contribution in [0.4, 0.5) is 5.69 Å². The zero-order valence-corrected chi connectivity index (χ0v) is 17.2. The molecule has 0 bridgehead atoms. The van der Waals surface area contributed by atoms with Crippen LogP contribution in [0.15, 0.2) is 41.9 Å². The Bertz CT molecular complexity index is 811. The lowest BCUT2D eigenvalue weighted by atomic mass is 10.1. The molecule has 0 unspecified atom stereocenters. The van der Waals surface area contributed by atoms with Crippen molar-refractivity contribution in [3.63, 3.8) is 0 Å². The van der Waals surface area contributed by atoms with E-state index in [9.17, 15) is 4.79 Å². The van der Waals surface area contributed by atoms with Gasteiger partial charge in [-0.05, 0) is 31.0 Å². The molecular formula is C19H25Cl2N5O2. The summed E-state index contributed by atoms with van der Waals surface area (Å²) in [6.07, 6.45) is 10.2. The summed E-state index contributed by atoms with van der Waals surface area (Å²) < 4.78 is 8.00. The Morgan fingerprint density at radius 3 is 2.79 bits per heavy atom. The Morgan fingerprint density at radius 1 is 1.11 bits per heavy atom. The Morgan fingerprint density at radius 2 is 1.96 bits per heavy atom. The van der Waals surface area contributed by atoms with Crippen LogP contribution in [0.3, 0.4) is 0 Å². The van der Waals surface area contributed by atoms with Crippen molar-refractivity contribution in [3.05, 3.63) is 42.5 Å². The van der Waals surface area contributed by atoms with E-state index in [-0.39, 0.29) is 30.7 Å². The van der Waals surface area contributed by atoms with Gasteiger partial charge in [0, 0.05) is 31.0 Å². The third-order valence-electron chi connectivity index (χ3n) is 4.66. The maximum absolute atomic E-state index is 11.5. The van der Waals surface area contributed by atoms with Crippen molar-refractivity contribution in [2.24, 2.45) is 4.99 Å². The van der Waals surface area contributed by atoms with Crippen LogP contribution in [-0.4, -0.2) is 39.5 Å². The molecule has 7 nitrogen and oxygen atoms in total. The number of amides is 1. The molecule has 1 aromatic carbocycles. The molecule has 2 aliphatic rings. The second-order valence-corrected chi connectivity index (χ2v) is 6.69. The van der Waals surface area contributed by atoms with Crippen LogP contribution in [0, 0.1) is 0 Å². The van der Waals surface area contributed by atoms with Gasteiger partial charge < -0.3 is 14.2 Å². The number of unbranched alkanes of at least 4 members (excludes halogenated alkanes) is 3. The molecule has 1 saturated heterocycles. The number of guanidine groups is 1. The summed E-state index contributed by atoms with van der Waals surface area (Å²) in [6.45, 7) is 2.82. The maximum Gasteiger partial charge on any atom is 0.246 e. The number of fused-ring (bicyclic) bond motifs is 2. The fourth-order valence-electron chi connectivity index (χ4n) is 3.29. The number of imidazole rings is 1. The number of carbonyl (C=O) groups is 1. The van der Waals surface area contributed by atoms with Crippen LogP contribution in [-0.2, 0) is 17.9 Å². The Kier molecular flexibility index (Phi) is 8.14. The topological polar surface area (TPSA) is 71.8 Å². The molecule has 4 rings (SSSR count). The number of ether oxygens (including phenoxy) is 1. The first-order chi connectivity index (χ1) is 12.8. The molecule has 9 heteroatoms. The highest BCUT2D eigenvalue weighted by atomic mass is 35.5. The van der Waals surface area contributed by atoms with Crippen LogP contribution in [0.2, 0.25) is 0 Å². The van der Waals surface area contributed by atoms with E-state index in [1.165, 1.54) is 6.42 Å². The molecule has 1 aromatic heterocycles. The Labute approximate surface area is 177 Å². The molecule has 1 fully saturated rings. The molecule has 28 heavy (non-hydrogen) atoms. The second-order valence-electron chi connectivity index (χ2n) is 6.69. The third kappa shape index (κ3) is 5.39. The van der Waals surface area contributed by atoms with Crippen molar-refractivity contribution in [1.82, 2.24) is 19.8 Å². The van der Waals surface area contributed by atoms with Crippen molar-refractivity contribution in [3.8, 4) is 5.75 Å². The average Bonchev–Trinajstić information content (AvgIpc) is 3.27. The van der Waals surface area contributed by atoms with E-state index in [0.29, 0.717) is 19.0 Å². The highest BCUT2D eigenvalue weighted by molar-refractivity contribution is 6.05. The molecule has 3 heterocycles. The number of aryl methyl sites for hydroxylation is 1. The number of nitrogens with one attached hydrogen (secondary N) is 1. The van der Waals surface area contributed by atoms with Gasteiger partial charge in [0.2, 0.25) is 11.9 Å². The smallest absolute Gasteiger partial charge is 0.246 e. The number of halogens is 2. The SMILES string of the molecule is Cl.Cl.O=C1CN2Cc3cc(OCCCCCCn4ccnc4)ccc3N=C2N1. The molecule has 152 valence electrons. The highest BCUT2D eigenvalue weighted by Crippen LogP contribution is 2.30. The lowest BCUT2D eigenvalue weighted by Gasteiger charge is -2.23. The van der Waals surface area contributed by atoms with Crippen LogP contribution in [0.25, 0.3) is 0 Å². The number of nitrogens with zero attached hydrogens (tertiary/aromatic N) is 4. The Balaban J connectivity index is 0.00000140. The summed E-state index contributed by atoms with van der Waals surface area (Å²) in [6, 6.07) is 5.95. The summed E-state index contributed by atoms with van der Waals surface area (Å²) >= 11 is 0. The zero-order chi connectivity index (χ0) is 17.8. The van der Waals surface area contributed by atoms with Gasteiger partial charge in [0.05, 0.1) is 18.6 Å². The van der Waals surface area contributed by atoms with E-state index < -0.39 is 0 Å². The van der Waals surface area contributed by atoms with Crippen molar-refractivity contribution < 1.29 is 9.53 Å². The summed E-state index contributed by atoms with van der Waals surface area (Å²) in [5.74, 6) is 1.53. The van der Waals surface area contributed by atoms with Crippen LogP contribution >= 0.6 is 24.8 Å². The summed E-state index contributed by atoms with van der Waals surface area (Å²) in [5, 5.41) is 2.78. The predicted octanol–water partition coefficient (Wildman–Crippen LogP) is 3.30. The van der Waals surface area contributed by atoms with E-state index in [4.69, 9.17) is 4.74 Å². The quantitative estimate of drug-likeness (QED) is 0.658. The number of rotatable bonds is 8. The van der Waals surface area contributed by atoms with E-state index in [2.05, 4.69) is 19.9 Å². The van der Waals surface area contributed by atoms with Gasteiger partial charge in [-0.15, -0.1) is 24.8 Å². The van der Waals surface area contributed by atoms with Crippen molar-refractivity contribution in [1.29, 1.82) is 0 Å². The number of carbonyl (C=O) groups excluding carboxylic acids is 1. The van der Waals surface area contributed by atoms with Crippen LogP contribution < -0.4 is 10.1 Å². The van der Waals surface area contributed by atoms with Gasteiger partial charge in [-0.25, -0.2) is 9.98 Å². The predicted molar refractivity (Wildman–Crippen MR) is 113 cm³/mol. The first kappa shape index (κ1) is 22.0. The third-order valence-corrected chi connectivity index (χ3v) is 4.66. The zero-order valence-electron chi connectivity index (χ0n) is 15.5. The molecule has 0 aliphatic carbocycles. The number of hydrogen-bond donors (Lipinski definition) is 1. The Hall–Kier alpha value is -2.25. The minimum Gasteiger partial charge on any atom is -0.494 e. The van der Waals surface area contributed by atoms with Gasteiger partial charge in [0.1, 0.15) is 12.3 Å². The van der Waals surface area contributed by atoms with Crippen LogP contribution in [0.5, 0.6) is 5.75 Å². The molecular weight excluding hydrogens is 401 g/mol. The minimum atomic E-state index is 0. The second kappa shape index (κ2) is 10.3. The fraction of sp³-hybridized carbons (Fsp3) is 0.421. The molecule has 0 radical (unpaired) electrons. The first-order valence-corrected chi connectivity index (χ1v) is 9.13. The molecule has 2 aliphatic heterocycles. The van der Waals surface area contributed by atoms with Gasteiger partial charge in [0.25, 0.3) is 0 Å². The van der Waals surface area contributed by atoms with Crippen molar-refractivity contribution in [2.75, 3.05) is 13.2 Å². The van der Waals surface area contributed by atoms with Gasteiger partial charge in [-0.2, -0.15) is 0 Å². The van der Waals surface area contributed by atoms with E-state index in [1.807, 2.05) is 41.8 Å². The lowest BCUT2D eigenvalue weighted by Crippen LogP contribution is -2.31. The maximum atomic E-state index is 11.5. The number of aliphatic imine (C=N–C) groups is 1. The van der Waals surface area contributed by atoms with Gasteiger partial charge in [-0.1, -0.05) is 12.8 Å². The summed E-state index contributed by atoms with van der Waals surface area (Å²) in [5.41, 5.74) is 2.01. The van der Waals surface area contributed by atoms with Gasteiger partial charge >= 0.3 is 0 Å². The summed E-state index contributed by atoms with van der Waals surface area (Å²) in [7, 11) is 0. The van der Waals surface area contributed by atoms with Gasteiger partial charge in [-0.3, -0.25) is 10.1 Å². The van der Waals surface area contributed by atoms with E-state index >= 15 is 0 Å². The monoisotopic (exact) mass is 425 g/mol. The highest BCUT2D eigenvalue weighted by Gasteiger charge is 2.29. The normalized spacial score (nSPS) is 14.2. The molecule has 1 amide bonds. The molecule has 1 N–H and O–H groups in total. The summed E-state index contributed by atoms with van der Waals surface area (Å²) in [4.78, 5) is 22.0. The molecule has 0 spiro atoms. The average molecular weight is 426 g/mol. The van der Waals surface area contributed by atoms with E-state index in [1.54, 1.807) is 0 Å².